The maximum Gasteiger partial charge on any atom is 0.142 e. The average molecular weight is 269 g/mol. The van der Waals surface area contributed by atoms with Gasteiger partial charge in [0.05, 0.1) is 5.69 Å². The van der Waals surface area contributed by atoms with Crippen LogP contribution in [0.4, 0.5) is 5.69 Å². The lowest BCUT2D eigenvalue weighted by molar-refractivity contribution is 0.307. The summed E-state index contributed by atoms with van der Waals surface area (Å²) in [6.07, 6.45) is 0. The molecule has 0 spiro atoms. The van der Waals surface area contributed by atoms with Gasteiger partial charge in [0, 0.05) is 0 Å². The predicted molar refractivity (Wildman–Crippen MR) is 85.1 cm³/mol. The van der Waals surface area contributed by atoms with Crippen LogP contribution in [-0.2, 0) is 12.0 Å². The molecule has 2 aromatic carbocycles. The molecule has 0 aliphatic rings. The van der Waals surface area contributed by atoms with Crippen molar-refractivity contribution in [1.29, 1.82) is 0 Å². The van der Waals surface area contributed by atoms with E-state index in [0.29, 0.717) is 12.3 Å². The third kappa shape index (κ3) is 3.53. The minimum atomic E-state index is 0.101. The second-order valence-corrected chi connectivity index (χ2v) is 6.28. The van der Waals surface area contributed by atoms with E-state index in [1.807, 2.05) is 12.1 Å². The van der Waals surface area contributed by atoms with E-state index in [2.05, 4.69) is 58.0 Å². The Balaban J connectivity index is 2.08. The van der Waals surface area contributed by atoms with Gasteiger partial charge in [-0.05, 0) is 35.6 Å². The Morgan fingerprint density at radius 1 is 1.00 bits per heavy atom. The third-order valence-corrected chi connectivity index (χ3v) is 3.39. The summed E-state index contributed by atoms with van der Waals surface area (Å²) in [4.78, 5) is 0. The fraction of sp³-hybridized carbons (Fsp3) is 0.333. The summed E-state index contributed by atoms with van der Waals surface area (Å²) in [5, 5.41) is 0. The van der Waals surface area contributed by atoms with Gasteiger partial charge < -0.3 is 10.5 Å². The van der Waals surface area contributed by atoms with Crippen molar-refractivity contribution in [3.05, 3.63) is 59.2 Å². The molecule has 20 heavy (non-hydrogen) atoms. The molecule has 106 valence electrons. The number of hydrogen-bond donors (Lipinski definition) is 1. The second kappa shape index (κ2) is 5.58. The topological polar surface area (TPSA) is 35.2 Å². The number of nitrogen functional groups attached to an aromatic ring is 1. The number of nitrogens with two attached hydrogens (primary N) is 1. The molecule has 0 heterocycles. The Labute approximate surface area is 121 Å². The standard InChI is InChI=1S/C18H23NO/c1-13-5-7-14(8-6-13)12-20-17-10-9-15(11-16(17)19)18(2,3)4/h5-11H,12,19H2,1-4H3. The van der Waals surface area contributed by atoms with E-state index in [-0.39, 0.29) is 5.41 Å². The molecule has 2 nitrogen and oxygen atoms in total. The highest BCUT2D eigenvalue weighted by Gasteiger charge is 2.15. The third-order valence-electron chi connectivity index (χ3n) is 3.39. The monoisotopic (exact) mass is 269 g/mol. The lowest BCUT2D eigenvalue weighted by atomic mass is 9.87. The maximum absolute atomic E-state index is 6.08. The lowest BCUT2D eigenvalue weighted by Gasteiger charge is -2.20. The molecule has 0 unspecified atom stereocenters. The van der Waals surface area contributed by atoms with E-state index in [0.717, 1.165) is 11.3 Å². The molecule has 0 radical (unpaired) electrons. The fourth-order valence-electron chi connectivity index (χ4n) is 1.99. The van der Waals surface area contributed by atoms with Crippen LogP contribution in [0, 0.1) is 6.92 Å². The van der Waals surface area contributed by atoms with Gasteiger partial charge >= 0.3 is 0 Å². The van der Waals surface area contributed by atoms with E-state index in [1.165, 1.54) is 11.1 Å². The van der Waals surface area contributed by atoms with Crippen molar-refractivity contribution in [2.45, 2.75) is 39.7 Å². The highest BCUT2D eigenvalue weighted by molar-refractivity contribution is 5.55. The lowest BCUT2D eigenvalue weighted by Crippen LogP contribution is -2.11. The van der Waals surface area contributed by atoms with Crippen molar-refractivity contribution in [3.8, 4) is 5.75 Å². The zero-order valence-electron chi connectivity index (χ0n) is 12.7. The van der Waals surface area contributed by atoms with Crippen LogP contribution in [0.15, 0.2) is 42.5 Å². The van der Waals surface area contributed by atoms with E-state index in [9.17, 15) is 0 Å². The largest absolute Gasteiger partial charge is 0.487 e. The first-order chi connectivity index (χ1) is 9.36. The van der Waals surface area contributed by atoms with Crippen molar-refractivity contribution in [2.24, 2.45) is 0 Å². The van der Waals surface area contributed by atoms with Crippen LogP contribution in [0.5, 0.6) is 5.75 Å². The zero-order chi connectivity index (χ0) is 14.8. The molecule has 0 fully saturated rings. The van der Waals surface area contributed by atoms with Crippen molar-refractivity contribution in [3.63, 3.8) is 0 Å². The minimum absolute atomic E-state index is 0.101. The average Bonchev–Trinajstić information content (AvgIpc) is 2.38. The molecule has 0 saturated heterocycles. The van der Waals surface area contributed by atoms with Gasteiger partial charge in [-0.25, -0.2) is 0 Å². The number of aryl methyl sites for hydroxylation is 1. The summed E-state index contributed by atoms with van der Waals surface area (Å²) >= 11 is 0. The molecule has 0 bridgehead atoms. The minimum Gasteiger partial charge on any atom is -0.487 e. The summed E-state index contributed by atoms with van der Waals surface area (Å²) in [6, 6.07) is 14.4. The van der Waals surface area contributed by atoms with Gasteiger partial charge in [-0.3, -0.25) is 0 Å². The van der Waals surface area contributed by atoms with E-state index in [1.54, 1.807) is 0 Å². The predicted octanol–water partition coefficient (Wildman–Crippen LogP) is 4.45. The SMILES string of the molecule is Cc1ccc(COc2ccc(C(C)(C)C)cc2N)cc1. The molecule has 0 atom stereocenters. The zero-order valence-corrected chi connectivity index (χ0v) is 12.7. The van der Waals surface area contributed by atoms with E-state index >= 15 is 0 Å². The van der Waals surface area contributed by atoms with Gasteiger partial charge in [-0.1, -0.05) is 56.7 Å². The molecule has 0 amide bonds. The van der Waals surface area contributed by atoms with Crippen LogP contribution in [0.2, 0.25) is 0 Å². The van der Waals surface area contributed by atoms with Gasteiger partial charge in [-0.15, -0.1) is 0 Å². The molecule has 2 rings (SSSR count). The fourth-order valence-corrected chi connectivity index (χ4v) is 1.99. The maximum atomic E-state index is 6.08. The molecule has 2 N–H and O–H groups in total. The van der Waals surface area contributed by atoms with Gasteiger partial charge in [-0.2, -0.15) is 0 Å². The summed E-state index contributed by atoms with van der Waals surface area (Å²) in [7, 11) is 0. The Kier molecular flexibility index (Phi) is 4.03. The second-order valence-electron chi connectivity index (χ2n) is 6.28. The molecular weight excluding hydrogens is 246 g/mol. The van der Waals surface area contributed by atoms with Gasteiger partial charge in [0.2, 0.25) is 0 Å². The summed E-state index contributed by atoms with van der Waals surface area (Å²) < 4.78 is 5.81. The number of ether oxygens (including phenoxy) is 1. The summed E-state index contributed by atoms with van der Waals surface area (Å²) in [6.45, 7) is 9.14. The molecule has 2 heteroatoms. The number of rotatable bonds is 3. The van der Waals surface area contributed by atoms with Gasteiger partial charge in [0.25, 0.3) is 0 Å². The Morgan fingerprint density at radius 2 is 1.65 bits per heavy atom. The van der Waals surface area contributed by atoms with E-state index < -0.39 is 0 Å². The van der Waals surface area contributed by atoms with Crippen LogP contribution in [0.25, 0.3) is 0 Å². The summed E-state index contributed by atoms with van der Waals surface area (Å²) in [5.41, 5.74) is 10.5. The van der Waals surface area contributed by atoms with Crippen LogP contribution >= 0.6 is 0 Å². The van der Waals surface area contributed by atoms with Gasteiger partial charge in [0.1, 0.15) is 12.4 Å². The first-order valence-electron chi connectivity index (χ1n) is 6.94. The van der Waals surface area contributed by atoms with Crippen molar-refractivity contribution in [1.82, 2.24) is 0 Å². The van der Waals surface area contributed by atoms with Gasteiger partial charge in [0.15, 0.2) is 0 Å². The Morgan fingerprint density at radius 3 is 2.20 bits per heavy atom. The van der Waals surface area contributed by atoms with Crippen LogP contribution in [0.1, 0.15) is 37.5 Å². The molecular formula is C18H23NO. The molecule has 0 aromatic heterocycles. The molecule has 0 aliphatic carbocycles. The van der Waals surface area contributed by atoms with Crippen molar-refractivity contribution < 1.29 is 4.74 Å². The first-order valence-corrected chi connectivity index (χ1v) is 6.94. The van der Waals surface area contributed by atoms with Crippen LogP contribution in [0.3, 0.4) is 0 Å². The number of anilines is 1. The highest BCUT2D eigenvalue weighted by Crippen LogP contribution is 2.30. The first kappa shape index (κ1) is 14.4. The number of benzene rings is 2. The smallest absolute Gasteiger partial charge is 0.142 e. The Bertz CT molecular complexity index is 579. The molecule has 0 saturated carbocycles. The molecule has 0 aliphatic heterocycles. The van der Waals surface area contributed by atoms with Crippen molar-refractivity contribution >= 4 is 5.69 Å². The molecule has 2 aromatic rings. The highest BCUT2D eigenvalue weighted by atomic mass is 16.5. The Hall–Kier alpha value is -1.96. The normalized spacial score (nSPS) is 11.4. The van der Waals surface area contributed by atoms with E-state index in [4.69, 9.17) is 10.5 Å². The van der Waals surface area contributed by atoms with Crippen LogP contribution < -0.4 is 10.5 Å². The van der Waals surface area contributed by atoms with Crippen LogP contribution in [-0.4, -0.2) is 0 Å². The summed E-state index contributed by atoms with van der Waals surface area (Å²) in [5.74, 6) is 0.749. The number of hydrogen-bond acceptors (Lipinski definition) is 2. The quantitative estimate of drug-likeness (QED) is 0.835. The van der Waals surface area contributed by atoms with Crippen molar-refractivity contribution in [2.75, 3.05) is 5.73 Å².